The summed E-state index contributed by atoms with van der Waals surface area (Å²) in [6, 6.07) is 0. The number of hydrogen-bond donors (Lipinski definition) is 2. The number of ether oxygens (including phenoxy) is 1. The van der Waals surface area contributed by atoms with E-state index < -0.39 is 0 Å². The minimum atomic E-state index is 0.0100. The lowest BCUT2D eigenvalue weighted by atomic mass is 10.4. The molecule has 0 spiro atoms. The molecule has 1 aromatic heterocycles. The van der Waals surface area contributed by atoms with Crippen LogP contribution in [0.5, 0.6) is 0 Å². The molecule has 0 unspecified atom stereocenters. The van der Waals surface area contributed by atoms with Gasteiger partial charge >= 0.3 is 0 Å². The fourth-order valence-electron chi connectivity index (χ4n) is 1.50. The van der Waals surface area contributed by atoms with Gasteiger partial charge in [0.1, 0.15) is 0 Å². The maximum atomic E-state index is 8.79. The SMILES string of the molecule is Nc1nc(N2CCOCC2)nn1CCO. The molecule has 0 saturated carbocycles. The van der Waals surface area contributed by atoms with Crippen LogP contribution in [0.2, 0.25) is 0 Å². The third-order valence-corrected chi connectivity index (χ3v) is 2.29. The van der Waals surface area contributed by atoms with Crippen molar-refractivity contribution in [1.29, 1.82) is 0 Å². The molecule has 2 rings (SSSR count). The Bertz CT molecular complexity index is 321. The zero-order valence-electron chi connectivity index (χ0n) is 8.46. The van der Waals surface area contributed by atoms with E-state index in [0.29, 0.717) is 31.7 Å². The Hall–Kier alpha value is -1.34. The van der Waals surface area contributed by atoms with Crippen molar-refractivity contribution < 1.29 is 9.84 Å². The second-order valence-electron chi connectivity index (χ2n) is 3.32. The van der Waals surface area contributed by atoms with Crippen LogP contribution in [0.1, 0.15) is 0 Å². The van der Waals surface area contributed by atoms with E-state index >= 15 is 0 Å². The smallest absolute Gasteiger partial charge is 0.246 e. The van der Waals surface area contributed by atoms with E-state index in [-0.39, 0.29) is 6.61 Å². The zero-order valence-corrected chi connectivity index (χ0v) is 8.46. The second-order valence-corrected chi connectivity index (χ2v) is 3.32. The Morgan fingerprint density at radius 1 is 1.40 bits per heavy atom. The average Bonchev–Trinajstić information content (AvgIpc) is 2.63. The molecule has 1 aromatic rings. The summed E-state index contributed by atoms with van der Waals surface area (Å²) in [6.07, 6.45) is 0. The van der Waals surface area contributed by atoms with Crippen molar-refractivity contribution >= 4 is 11.9 Å². The standard InChI is InChI=1S/C8H15N5O2/c9-7-10-8(11-13(7)1-4-14)12-2-5-15-6-3-12/h14H,1-6H2,(H2,9,10,11). The summed E-state index contributed by atoms with van der Waals surface area (Å²) in [4.78, 5) is 6.16. The Labute approximate surface area is 87.4 Å². The van der Waals surface area contributed by atoms with E-state index in [2.05, 4.69) is 10.1 Å². The number of aliphatic hydroxyl groups is 1. The zero-order chi connectivity index (χ0) is 10.7. The first kappa shape index (κ1) is 10.2. The van der Waals surface area contributed by atoms with Gasteiger partial charge in [-0.2, -0.15) is 4.98 Å². The number of aromatic nitrogens is 3. The van der Waals surface area contributed by atoms with Gasteiger partial charge in [-0.1, -0.05) is 0 Å². The summed E-state index contributed by atoms with van der Waals surface area (Å²) >= 11 is 0. The van der Waals surface area contributed by atoms with Crippen molar-refractivity contribution in [2.75, 3.05) is 43.5 Å². The lowest BCUT2D eigenvalue weighted by molar-refractivity contribution is 0.122. The molecule has 7 heteroatoms. The van der Waals surface area contributed by atoms with Gasteiger partial charge in [0.25, 0.3) is 0 Å². The minimum absolute atomic E-state index is 0.0100. The van der Waals surface area contributed by atoms with Crippen LogP contribution in [0.15, 0.2) is 0 Å². The molecule has 1 aliphatic heterocycles. The van der Waals surface area contributed by atoms with Gasteiger partial charge in [-0.3, -0.25) is 0 Å². The molecule has 15 heavy (non-hydrogen) atoms. The molecule has 0 amide bonds. The van der Waals surface area contributed by atoms with Crippen molar-refractivity contribution in [2.24, 2.45) is 0 Å². The normalized spacial score (nSPS) is 17.0. The number of nitrogens with zero attached hydrogens (tertiary/aromatic N) is 4. The highest BCUT2D eigenvalue weighted by atomic mass is 16.5. The fraction of sp³-hybridized carbons (Fsp3) is 0.750. The van der Waals surface area contributed by atoms with E-state index in [4.69, 9.17) is 15.6 Å². The molecule has 1 saturated heterocycles. The molecule has 0 aromatic carbocycles. The van der Waals surface area contributed by atoms with Crippen molar-refractivity contribution in [3.05, 3.63) is 0 Å². The fourth-order valence-corrected chi connectivity index (χ4v) is 1.50. The van der Waals surface area contributed by atoms with Crippen LogP contribution in [0.3, 0.4) is 0 Å². The summed E-state index contributed by atoms with van der Waals surface area (Å²) in [7, 11) is 0. The van der Waals surface area contributed by atoms with Gasteiger partial charge < -0.3 is 20.5 Å². The van der Waals surface area contributed by atoms with Gasteiger partial charge in [-0.25, -0.2) is 4.68 Å². The van der Waals surface area contributed by atoms with Crippen LogP contribution in [-0.2, 0) is 11.3 Å². The number of aliphatic hydroxyl groups excluding tert-OH is 1. The van der Waals surface area contributed by atoms with E-state index in [1.165, 1.54) is 4.68 Å². The molecule has 1 aliphatic rings. The summed E-state index contributed by atoms with van der Waals surface area (Å²) in [5.74, 6) is 0.954. The predicted molar refractivity (Wildman–Crippen MR) is 54.6 cm³/mol. The first-order chi connectivity index (χ1) is 7.31. The van der Waals surface area contributed by atoms with Crippen LogP contribution in [0.4, 0.5) is 11.9 Å². The van der Waals surface area contributed by atoms with Crippen LogP contribution < -0.4 is 10.6 Å². The number of morpholine rings is 1. The molecule has 0 radical (unpaired) electrons. The Kier molecular flexibility index (Phi) is 3.02. The molecule has 2 heterocycles. The lowest BCUT2D eigenvalue weighted by Crippen LogP contribution is -2.37. The minimum Gasteiger partial charge on any atom is -0.394 e. The first-order valence-corrected chi connectivity index (χ1v) is 4.95. The van der Waals surface area contributed by atoms with Gasteiger partial charge in [0.05, 0.1) is 26.4 Å². The van der Waals surface area contributed by atoms with E-state index in [0.717, 1.165) is 13.1 Å². The molecule has 3 N–H and O–H groups in total. The van der Waals surface area contributed by atoms with E-state index in [9.17, 15) is 0 Å². The maximum Gasteiger partial charge on any atom is 0.246 e. The number of anilines is 2. The van der Waals surface area contributed by atoms with Crippen LogP contribution >= 0.6 is 0 Å². The van der Waals surface area contributed by atoms with Gasteiger partial charge in [0.2, 0.25) is 11.9 Å². The van der Waals surface area contributed by atoms with Crippen LogP contribution in [0.25, 0.3) is 0 Å². The molecular weight excluding hydrogens is 198 g/mol. The van der Waals surface area contributed by atoms with Crippen molar-refractivity contribution in [3.8, 4) is 0 Å². The number of hydrogen-bond acceptors (Lipinski definition) is 6. The van der Waals surface area contributed by atoms with Crippen LogP contribution in [0, 0.1) is 0 Å². The van der Waals surface area contributed by atoms with Gasteiger partial charge in [-0.05, 0) is 0 Å². The average molecular weight is 213 g/mol. The van der Waals surface area contributed by atoms with Gasteiger partial charge in [-0.15, -0.1) is 5.10 Å². The van der Waals surface area contributed by atoms with Crippen molar-refractivity contribution in [3.63, 3.8) is 0 Å². The topological polar surface area (TPSA) is 89.4 Å². The molecular formula is C8H15N5O2. The monoisotopic (exact) mass is 213 g/mol. The highest BCUT2D eigenvalue weighted by Crippen LogP contribution is 2.12. The van der Waals surface area contributed by atoms with Crippen molar-refractivity contribution in [1.82, 2.24) is 14.8 Å². The Morgan fingerprint density at radius 2 is 2.13 bits per heavy atom. The van der Waals surface area contributed by atoms with Crippen LogP contribution in [-0.4, -0.2) is 52.8 Å². The lowest BCUT2D eigenvalue weighted by Gasteiger charge is -2.25. The molecule has 84 valence electrons. The Balaban J connectivity index is 2.10. The van der Waals surface area contributed by atoms with E-state index in [1.807, 2.05) is 4.90 Å². The molecule has 0 aliphatic carbocycles. The molecule has 1 fully saturated rings. The largest absolute Gasteiger partial charge is 0.394 e. The predicted octanol–water partition coefficient (Wildman–Crippen LogP) is -1.31. The van der Waals surface area contributed by atoms with Gasteiger partial charge in [0, 0.05) is 13.1 Å². The first-order valence-electron chi connectivity index (χ1n) is 4.95. The van der Waals surface area contributed by atoms with E-state index in [1.54, 1.807) is 0 Å². The highest BCUT2D eigenvalue weighted by Gasteiger charge is 2.16. The summed E-state index contributed by atoms with van der Waals surface area (Å²) in [5, 5.41) is 13.0. The quantitative estimate of drug-likeness (QED) is 0.648. The number of nitrogen functional groups attached to an aromatic ring is 1. The van der Waals surface area contributed by atoms with Gasteiger partial charge in [0.15, 0.2) is 0 Å². The molecule has 0 bridgehead atoms. The number of nitrogens with two attached hydrogens (primary N) is 1. The van der Waals surface area contributed by atoms with Crippen molar-refractivity contribution in [2.45, 2.75) is 6.54 Å². The maximum absolute atomic E-state index is 8.79. The number of rotatable bonds is 3. The third kappa shape index (κ3) is 2.18. The molecule has 0 atom stereocenters. The summed E-state index contributed by atoms with van der Waals surface area (Å²) in [5.41, 5.74) is 5.65. The Morgan fingerprint density at radius 3 is 2.80 bits per heavy atom. The summed E-state index contributed by atoms with van der Waals surface area (Å²) in [6.45, 7) is 3.33. The third-order valence-electron chi connectivity index (χ3n) is 2.29. The molecule has 7 nitrogen and oxygen atoms in total. The second kappa shape index (κ2) is 4.45. The summed E-state index contributed by atoms with van der Waals surface area (Å²) < 4.78 is 6.74. The highest BCUT2D eigenvalue weighted by molar-refractivity contribution is 5.35.